The second-order valence-electron chi connectivity index (χ2n) is 4.57. The summed E-state index contributed by atoms with van der Waals surface area (Å²) in [5.74, 6) is -1.33. The highest BCUT2D eigenvalue weighted by Gasteiger charge is 2.28. The zero-order valence-electron chi connectivity index (χ0n) is 11.7. The summed E-state index contributed by atoms with van der Waals surface area (Å²) in [5, 5.41) is 8.60. The summed E-state index contributed by atoms with van der Waals surface area (Å²) in [6.07, 6.45) is -0.384. The summed E-state index contributed by atoms with van der Waals surface area (Å²) in [7, 11) is 2.85. The minimum atomic E-state index is -0.949. The molecule has 0 bridgehead atoms. The molecule has 0 radical (unpaired) electrons. The summed E-state index contributed by atoms with van der Waals surface area (Å²) >= 11 is 0. The number of carboxylic acids is 1. The summed E-state index contributed by atoms with van der Waals surface area (Å²) in [5.41, 5.74) is 0. The van der Waals surface area contributed by atoms with Gasteiger partial charge in [0.2, 0.25) is 0 Å². The number of morpholine rings is 1. The van der Waals surface area contributed by atoms with E-state index in [-0.39, 0.29) is 37.5 Å². The van der Waals surface area contributed by atoms with Crippen molar-refractivity contribution in [1.29, 1.82) is 0 Å². The third kappa shape index (κ3) is 5.04. The number of carboxylic acid groups (broad SMARTS) is 1. The van der Waals surface area contributed by atoms with Gasteiger partial charge in [-0.15, -0.1) is 0 Å². The van der Waals surface area contributed by atoms with Gasteiger partial charge in [-0.05, 0) is 0 Å². The summed E-state index contributed by atoms with van der Waals surface area (Å²) in [6, 6.07) is -0.260. The SMILES string of the molecule is COC(=O)CC1CN(C(=O)N(C)CCC(=O)O)CCO1. The van der Waals surface area contributed by atoms with E-state index in [4.69, 9.17) is 9.84 Å². The molecule has 0 aromatic rings. The molecule has 1 N–H and O–H groups in total. The molecule has 1 aliphatic rings. The molecule has 0 saturated carbocycles. The molecule has 1 aliphatic heterocycles. The lowest BCUT2D eigenvalue weighted by atomic mass is 10.2. The van der Waals surface area contributed by atoms with Crippen LogP contribution in [-0.4, -0.2) is 79.4 Å². The Balaban J connectivity index is 2.47. The fourth-order valence-corrected chi connectivity index (χ4v) is 1.89. The maximum Gasteiger partial charge on any atom is 0.319 e. The molecule has 1 saturated heterocycles. The first kappa shape index (κ1) is 16.2. The summed E-state index contributed by atoms with van der Waals surface area (Å²) in [6.45, 7) is 1.21. The highest BCUT2D eigenvalue weighted by atomic mass is 16.5. The van der Waals surface area contributed by atoms with Crippen molar-refractivity contribution in [1.82, 2.24) is 9.80 Å². The van der Waals surface area contributed by atoms with Crippen LogP contribution in [0.2, 0.25) is 0 Å². The van der Waals surface area contributed by atoms with Crippen molar-refractivity contribution in [2.45, 2.75) is 18.9 Å². The average Bonchev–Trinajstić information content (AvgIpc) is 2.44. The minimum absolute atomic E-state index is 0.0963. The number of amides is 2. The predicted octanol–water partition coefficient (Wildman–Crippen LogP) is -0.223. The monoisotopic (exact) mass is 288 g/mol. The van der Waals surface area contributed by atoms with Crippen LogP contribution in [-0.2, 0) is 19.1 Å². The highest BCUT2D eigenvalue weighted by molar-refractivity contribution is 5.75. The Kier molecular flexibility index (Phi) is 6.23. The van der Waals surface area contributed by atoms with Crippen molar-refractivity contribution < 1.29 is 29.0 Å². The molecule has 114 valence electrons. The number of nitrogens with zero attached hydrogens (tertiary/aromatic N) is 2. The lowest BCUT2D eigenvalue weighted by Crippen LogP contribution is -2.50. The molecule has 20 heavy (non-hydrogen) atoms. The number of urea groups is 1. The number of methoxy groups -OCH3 is 1. The second kappa shape index (κ2) is 7.68. The first-order chi connectivity index (χ1) is 9.43. The number of esters is 1. The number of hydrogen-bond acceptors (Lipinski definition) is 5. The maximum absolute atomic E-state index is 12.1. The van der Waals surface area contributed by atoms with Gasteiger partial charge in [-0.1, -0.05) is 0 Å². The van der Waals surface area contributed by atoms with Crippen LogP contribution in [0, 0.1) is 0 Å². The maximum atomic E-state index is 12.1. The quantitative estimate of drug-likeness (QED) is 0.702. The van der Waals surface area contributed by atoms with Crippen LogP contribution < -0.4 is 0 Å². The number of ether oxygens (including phenoxy) is 2. The largest absolute Gasteiger partial charge is 0.481 e. The van der Waals surface area contributed by atoms with Crippen LogP contribution >= 0.6 is 0 Å². The van der Waals surface area contributed by atoms with Crippen LogP contribution in [0.1, 0.15) is 12.8 Å². The molecule has 0 spiro atoms. The molecule has 1 atom stereocenters. The average molecular weight is 288 g/mol. The van der Waals surface area contributed by atoms with Crippen LogP contribution in [0.3, 0.4) is 0 Å². The van der Waals surface area contributed by atoms with Crippen molar-refractivity contribution in [3.05, 3.63) is 0 Å². The number of carbonyl (C=O) groups is 3. The zero-order chi connectivity index (χ0) is 15.1. The van der Waals surface area contributed by atoms with Crippen molar-refractivity contribution in [2.24, 2.45) is 0 Å². The van der Waals surface area contributed by atoms with Gasteiger partial charge in [0.1, 0.15) is 0 Å². The van der Waals surface area contributed by atoms with Gasteiger partial charge >= 0.3 is 18.0 Å². The third-order valence-corrected chi connectivity index (χ3v) is 3.02. The topological polar surface area (TPSA) is 96.4 Å². The van der Waals surface area contributed by atoms with Gasteiger partial charge < -0.3 is 24.4 Å². The fraction of sp³-hybridized carbons (Fsp3) is 0.750. The second-order valence-corrected chi connectivity index (χ2v) is 4.57. The van der Waals surface area contributed by atoms with Gasteiger partial charge in [-0.25, -0.2) is 4.79 Å². The molecular weight excluding hydrogens is 268 g/mol. The molecule has 0 aliphatic carbocycles. The highest BCUT2D eigenvalue weighted by Crippen LogP contribution is 2.11. The van der Waals surface area contributed by atoms with E-state index >= 15 is 0 Å². The van der Waals surface area contributed by atoms with Crippen LogP contribution in [0.25, 0.3) is 0 Å². The molecule has 8 heteroatoms. The lowest BCUT2D eigenvalue weighted by Gasteiger charge is -2.34. The van der Waals surface area contributed by atoms with E-state index in [1.807, 2.05) is 0 Å². The Hall–Kier alpha value is -1.83. The van der Waals surface area contributed by atoms with E-state index in [0.29, 0.717) is 19.7 Å². The van der Waals surface area contributed by atoms with Crippen LogP contribution in [0.5, 0.6) is 0 Å². The minimum Gasteiger partial charge on any atom is -0.481 e. The van der Waals surface area contributed by atoms with E-state index in [2.05, 4.69) is 4.74 Å². The predicted molar refractivity (Wildman–Crippen MR) is 68.2 cm³/mol. The van der Waals surface area contributed by atoms with E-state index in [0.717, 1.165) is 0 Å². The van der Waals surface area contributed by atoms with Gasteiger partial charge in [0.15, 0.2) is 0 Å². The van der Waals surface area contributed by atoms with Crippen LogP contribution in [0.4, 0.5) is 4.79 Å². The van der Waals surface area contributed by atoms with E-state index < -0.39 is 5.97 Å². The molecule has 1 fully saturated rings. The van der Waals surface area contributed by atoms with Gasteiger partial charge in [0, 0.05) is 26.7 Å². The fourth-order valence-electron chi connectivity index (χ4n) is 1.89. The molecule has 2 amide bonds. The Morgan fingerprint density at radius 3 is 2.75 bits per heavy atom. The standard InChI is InChI=1S/C12H20N2O6/c1-13(4-3-10(15)16)12(18)14-5-6-20-9(8-14)7-11(17)19-2/h9H,3-8H2,1-2H3,(H,15,16). The Morgan fingerprint density at radius 2 is 2.15 bits per heavy atom. The summed E-state index contributed by atoms with van der Waals surface area (Å²) < 4.78 is 9.96. The normalized spacial score (nSPS) is 18.5. The number of hydrogen-bond donors (Lipinski definition) is 1. The van der Waals surface area contributed by atoms with Crippen molar-refractivity contribution in [3.63, 3.8) is 0 Å². The molecule has 0 aromatic heterocycles. The first-order valence-electron chi connectivity index (χ1n) is 6.34. The smallest absolute Gasteiger partial charge is 0.319 e. The van der Waals surface area contributed by atoms with Crippen molar-refractivity contribution in [3.8, 4) is 0 Å². The molecule has 8 nitrogen and oxygen atoms in total. The number of rotatable bonds is 5. The Bertz CT molecular complexity index is 373. The van der Waals surface area contributed by atoms with E-state index in [1.54, 1.807) is 11.9 Å². The van der Waals surface area contributed by atoms with Crippen LogP contribution in [0.15, 0.2) is 0 Å². The molecule has 1 heterocycles. The molecule has 1 rings (SSSR count). The number of aliphatic carboxylic acids is 1. The summed E-state index contributed by atoms with van der Waals surface area (Å²) in [4.78, 5) is 36.7. The van der Waals surface area contributed by atoms with Crippen molar-refractivity contribution in [2.75, 3.05) is 40.4 Å². The van der Waals surface area contributed by atoms with E-state index in [1.165, 1.54) is 12.0 Å². The first-order valence-corrected chi connectivity index (χ1v) is 6.34. The lowest BCUT2D eigenvalue weighted by molar-refractivity contribution is -0.145. The van der Waals surface area contributed by atoms with Gasteiger partial charge in [0.05, 0.1) is 32.7 Å². The van der Waals surface area contributed by atoms with E-state index in [9.17, 15) is 14.4 Å². The Labute approximate surface area is 117 Å². The van der Waals surface area contributed by atoms with Gasteiger partial charge in [0.25, 0.3) is 0 Å². The molecular formula is C12H20N2O6. The number of carbonyl (C=O) groups excluding carboxylic acids is 2. The van der Waals surface area contributed by atoms with Crippen molar-refractivity contribution >= 4 is 18.0 Å². The van der Waals surface area contributed by atoms with Gasteiger partial charge in [-0.2, -0.15) is 0 Å². The molecule has 0 aromatic carbocycles. The Morgan fingerprint density at radius 1 is 1.45 bits per heavy atom. The zero-order valence-corrected chi connectivity index (χ0v) is 11.7. The molecule has 1 unspecified atom stereocenters. The van der Waals surface area contributed by atoms with Gasteiger partial charge in [-0.3, -0.25) is 9.59 Å². The third-order valence-electron chi connectivity index (χ3n) is 3.02.